The zero-order chi connectivity index (χ0) is 10.8. The summed E-state index contributed by atoms with van der Waals surface area (Å²) in [6.45, 7) is 2.01. The Kier molecular flexibility index (Phi) is 2.37. The molecule has 0 saturated carbocycles. The van der Waals surface area contributed by atoms with Crippen molar-refractivity contribution in [2.24, 2.45) is 7.05 Å². The van der Waals surface area contributed by atoms with E-state index >= 15 is 0 Å². The molecule has 0 aliphatic heterocycles. The maximum atomic E-state index is 4.14. The minimum atomic E-state index is 0.742. The van der Waals surface area contributed by atoms with E-state index in [1.807, 2.05) is 37.8 Å². The second kappa shape index (κ2) is 3.68. The van der Waals surface area contributed by atoms with Gasteiger partial charge in [-0.25, -0.2) is 0 Å². The highest BCUT2D eigenvalue weighted by Gasteiger charge is 2.09. The Balaban J connectivity index is 2.49. The van der Waals surface area contributed by atoms with Gasteiger partial charge in [-0.2, -0.15) is 0 Å². The fraction of sp³-hybridized carbons (Fsp3) is 0.300. The van der Waals surface area contributed by atoms with Crippen LogP contribution in [0.25, 0.3) is 11.4 Å². The minimum Gasteiger partial charge on any atom is -0.357 e. The SMILES string of the molecule is CNc1nnc(-c2cncc(C)c2)n1C. The van der Waals surface area contributed by atoms with Crippen molar-refractivity contribution >= 4 is 5.95 Å². The van der Waals surface area contributed by atoms with Crippen molar-refractivity contribution in [1.82, 2.24) is 19.7 Å². The van der Waals surface area contributed by atoms with E-state index in [2.05, 4.69) is 20.5 Å². The van der Waals surface area contributed by atoms with E-state index in [1.54, 1.807) is 6.20 Å². The highest BCUT2D eigenvalue weighted by atomic mass is 15.3. The molecule has 0 aromatic carbocycles. The van der Waals surface area contributed by atoms with Crippen molar-refractivity contribution in [3.63, 3.8) is 0 Å². The van der Waals surface area contributed by atoms with Gasteiger partial charge in [0.25, 0.3) is 0 Å². The summed E-state index contributed by atoms with van der Waals surface area (Å²) < 4.78 is 1.90. The molecular weight excluding hydrogens is 190 g/mol. The first-order chi connectivity index (χ1) is 7.22. The zero-order valence-electron chi connectivity index (χ0n) is 9.02. The first-order valence-electron chi connectivity index (χ1n) is 4.71. The normalized spacial score (nSPS) is 10.3. The minimum absolute atomic E-state index is 0.742. The van der Waals surface area contributed by atoms with E-state index in [-0.39, 0.29) is 0 Å². The van der Waals surface area contributed by atoms with Crippen molar-refractivity contribution in [3.05, 3.63) is 24.0 Å². The lowest BCUT2D eigenvalue weighted by atomic mass is 10.2. The Morgan fingerprint density at radius 2 is 2.07 bits per heavy atom. The quantitative estimate of drug-likeness (QED) is 0.797. The van der Waals surface area contributed by atoms with Crippen LogP contribution in [0, 0.1) is 6.92 Å². The van der Waals surface area contributed by atoms with Gasteiger partial charge in [-0.3, -0.25) is 9.55 Å². The van der Waals surface area contributed by atoms with E-state index < -0.39 is 0 Å². The monoisotopic (exact) mass is 203 g/mol. The molecule has 78 valence electrons. The van der Waals surface area contributed by atoms with Gasteiger partial charge in [-0.1, -0.05) is 0 Å². The van der Waals surface area contributed by atoms with Gasteiger partial charge in [0.05, 0.1) is 0 Å². The first-order valence-corrected chi connectivity index (χ1v) is 4.71. The van der Waals surface area contributed by atoms with E-state index in [9.17, 15) is 0 Å². The van der Waals surface area contributed by atoms with E-state index in [0.717, 1.165) is 22.9 Å². The molecule has 0 radical (unpaired) electrons. The van der Waals surface area contributed by atoms with Gasteiger partial charge in [0.2, 0.25) is 5.95 Å². The number of nitrogens with zero attached hydrogens (tertiary/aromatic N) is 4. The van der Waals surface area contributed by atoms with E-state index in [1.165, 1.54) is 0 Å². The Hall–Kier alpha value is -1.91. The summed E-state index contributed by atoms with van der Waals surface area (Å²) in [4.78, 5) is 4.14. The molecule has 2 aromatic rings. The number of anilines is 1. The Bertz CT molecular complexity index is 474. The van der Waals surface area contributed by atoms with Crippen LogP contribution in [0.3, 0.4) is 0 Å². The van der Waals surface area contributed by atoms with Gasteiger partial charge < -0.3 is 5.32 Å². The summed E-state index contributed by atoms with van der Waals surface area (Å²) in [5.74, 6) is 1.56. The van der Waals surface area contributed by atoms with Crippen LogP contribution in [-0.2, 0) is 7.05 Å². The molecule has 0 spiro atoms. The lowest BCUT2D eigenvalue weighted by molar-refractivity contribution is 0.923. The smallest absolute Gasteiger partial charge is 0.224 e. The van der Waals surface area contributed by atoms with Crippen LogP contribution in [0.1, 0.15) is 5.56 Å². The van der Waals surface area contributed by atoms with Gasteiger partial charge in [-0.15, -0.1) is 10.2 Å². The molecule has 0 aliphatic carbocycles. The van der Waals surface area contributed by atoms with Gasteiger partial charge in [0, 0.05) is 32.1 Å². The van der Waals surface area contributed by atoms with Crippen molar-refractivity contribution < 1.29 is 0 Å². The molecule has 15 heavy (non-hydrogen) atoms. The molecule has 5 nitrogen and oxygen atoms in total. The summed E-state index contributed by atoms with van der Waals surface area (Å²) in [6.07, 6.45) is 3.61. The van der Waals surface area contributed by atoms with Gasteiger partial charge in [-0.05, 0) is 18.6 Å². The molecule has 0 amide bonds. The summed E-state index contributed by atoms with van der Waals surface area (Å²) >= 11 is 0. The summed E-state index contributed by atoms with van der Waals surface area (Å²) in [6, 6.07) is 2.04. The standard InChI is InChI=1S/C10H13N5/c1-7-4-8(6-12-5-7)9-13-14-10(11-2)15(9)3/h4-6H,1-3H3,(H,11,14). The number of aryl methyl sites for hydroxylation is 1. The zero-order valence-corrected chi connectivity index (χ0v) is 9.02. The average Bonchev–Trinajstić information content (AvgIpc) is 2.59. The summed E-state index contributed by atoms with van der Waals surface area (Å²) in [7, 11) is 3.74. The number of hydrogen-bond acceptors (Lipinski definition) is 4. The molecule has 2 aromatic heterocycles. The fourth-order valence-corrected chi connectivity index (χ4v) is 1.48. The third-order valence-corrected chi connectivity index (χ3v) is 2.23. The molecule has 2 rings (SSSR count). The Morgan fingerprint density at radius 3 is 2.67 bits per heavy atom. The van der Waals surface area contributed by atoms with E-state index in [0.29, 0.717) is 0 Å². The van der Waals surface area contributed by atoms with Crippen LogP contribution < -0.4 is 5.32 Å². The lowest BCUT2D eigenvalue weighted by Crippen LogP contribution is -1.99. The molecule has 0 saturated heterocycles. The number of rotatable bonds is 2. The second-order valence-electron chi connectivity index (χ2n) is 3.41. The second-order valence-corrected chi connectivity index (χ2v) is 3.41. The molecule has 2 heterocycles. The van der Waals surface area contributed by atoms with Crippen molar-refractivity contribution in [2.45, 2.75) is 6.92 Å². The summed E-state index contributed by atoms with van der Waals surface area (Å²) in [5, 5.41) is 11.1. The Morgan fingerprint density at radius 1 is 1.27 bits per heavy atom. The van der Waals surface area contributed by atoms with Gasteiger partial charge in [0.1, 0.15) is 0 Å². The first kappa shape index (κ1) is 9.64. The fourth-order valence-electron chi connectivity index (χ4n) is 1.48. The van der Waals surface area contributed by atoms with Gasteiger partial charge in [0.15, 0.2) is 5.82 Å². The van der Waals surface area contributed by atoms with Crippen molar-refractivity contribution in [1.29, 1.82) is 0 Å². The van der Waals surface area contributed by atoms with Crippen LogP contribution in [0.2, 0.25) is 0 Å². The molecule has 0 aliphatic rings. The highest BCUT2D eigenvalue weighted by molar-refractivity contribution is 5.56. The molecule has 1 N–H and O–H groups in total. The van der Waals surface area contributed by atoms with E-state index in [4.69, 9.17) is 0 Å². The summed E-state index contributed by atoms with van der Waals surface area (Å²) in [5.41, 5.74) is 2.09. The van der Waals surface area contributed by atoms with Crippen LogP contribution >= 0.6 is 0 Å². The third kappa shape index (κ3) is 1.68. The number of nitrogens with one attached hydrogen (secondary N) is 1. The maximum Gasteiger partial charge on any atom is 0.224 e. The molecular formula is C10H13N5. The van der Waals surface area contributed by atoms with Crippen LogP contribution in [-0.4, -0.2) is 26.8 Å². The van der Waals surface area contributed by atoms with Crippen LogP contribution in [0.5, 0.6) is 0 Å². The van der Waals surface area contributed by atoms with Crippen molar-refractivity contribution in [2.75, 3.05) is 12.4 Å². The highest BCUT2D eigenvalue weighted by Crippen LogP contribution is 2.18. The average molecular weight is 203 g/mol. The largest absolute Gasteiger partial charge is 0.357 e. The lowest BCUT2D eigenvalue weighted by Gasteiger charge is -2.03. The number of aromatic nitrogens is 4. The van der Waals surface area contributed by atoms with Crippen LogP contribution in [0.15, 0.2) is 18.5 Å². The Labute approximate surface area is 88.2 Å². The molecule has 5 heteroatoms. The molecule has 0 bridgehead atoms. The third-order valence-electron chi connectivity index (χ3n) is 2.23. The topological polar surface area (TPSA) is 55.6 Å². The number of pyridine rings is 1. The molecule has 0 atom stereocenters. The maximum absolute atomic E-state index is 4.14. The number of hydrogen-bond donors (Lipinski definition) is 1. The van der Waals surface area contributed by atoms with Crippen molar-refractivity contribution in [3.8, 4) is 11.4 Å². The molecule has 0 unspecified atom stereocenters. The predicted octanol–water partition coefficient (Wildman–Crippen LogP) is 1.23. The predicted molar refractivity (Wildman–Crippen MR) is 58.5 cm³/mol. The molecule has 0 fully saturated rings. The van der Waals surface area contributed by atoms with Gasteiger partial charge >= 0.3 is 0 Å². The van der Waals surface area contributed by atoms with Crippen LogP contribution in [0.4, 0.5) is 5.95 Å².